The number of rotatable bonds is 8. The molecule has 0 aromatic heterocycles. The number of nitrogens with one attached hydrogen (secondary N) is 2. The van der Waals surface area contributed by atoms with Gasteiger partial charge in [-0.05, 0) is 36.8 Å². The van der Waals surface area contributed by atoms with Crippen molar-refractivity contribution in [2.45, 2.75) is 6.92 Å². The number of carbonyl (C=O) groups is 2. The minimum absolute atomic E-state index is 0.0435. The molecule has 10 nitrogen and oxygen atoms in total. The Hall–Kier alpha value is -3.79. The van der Waals surface area contributed by atoms with Gasteiger partial charge in [0, 0.05) is 12.1 Å². The maximum atomic E-state index is 12.4. The first kappa shape index (κ1) is 20.5. The highest BCUT2D eigenvalue weighted by Gasteiger charge is 2.15. The van der Waals surface area contributed by atoms with Crippen LogP contribution < -0.4 is 15.9 Å². The van der Waals surface area contributed by atoms with Crippen molar-refractivity contribution in [2.75, 3.05) is 18.2 Å². The molecule has 2 rings (SSSR count). The van der Waals surface area contributed by atoms with Crippen LogP contribution in [0.1, 0.15) is 12.5 Å². The standard InChI is InChI=1S/C18H19N5O5/c1-2-28-17(24)13-19-21-18(25)22(15-6-4-3-5-7-15)20-12-14-8-10-16(11-9-14)23(26)27/h3-12,19H,2,13H2,1H3,(H,21,25)/b20-12+. The third-order valence-electron chi connectivity index (χ3n) is 3.35. The van der Waals surface area contributed by atoms with Crippen LogP contribution in [0.3, 0.4) is 0 Å². The van der Waals surface area contributed by atoms with Gasteiger partial charge in [-0.15, -0.1) is 0 Å². The zero-order chi connectivity index (χ0) is 20.4. The van der Waals surface area contributed by atoms with Crippen molar-refractivity contribution in [2.24, 2.45) is 5.10 Å². The number of benzene rings is 2. The molecular weight excluding hydrogens is 366 g/mol. The van der Waals surface area contributed by atoms with Crippen molar-refractivity contribution in [1.29, 1.82) is 0 Å². The quantitative estimate of drug-likeness (QED) is 0.310. The van der Waals surface area contributed by atoms with Gasteiger partial charge in [0.1, 0.15) is 6.54 Å². The number of hydrazine groups is 1. The van der Waals surface area contributed by atoms with Gasteiger partial charge in [-0.25, -0.2) is 10.2 Å². The van der Waals surface area contributed by atoms with Gasteiger partial charge in [0.2, 0.25) is 0 Å². The Labute approximate surface area is 160 Å². The highest BCUT2D eigenvalue weighted by molar-refractivity contribution is 5.94. The van der Waals surface area contributed by atoms with E-state index in [2.05, 4.69) is 16.0 Å². The van der Waals surface area contributed by atoms with Crippen LogP contribution in [0, 0.1) is 10.1 Å². The fourth-order valence-electron chi connectivity index (χ4n) is 2.07. The number of non-ortho nitro benzene ring substituents is 1. The first-order valence-corrected chi connectivity index (χ1v) is 8.33. The van der Waals surface area contributed by atoms with Crippen molar-refractivity contribution in [3.8, 4) is 0 Å². The summed E-state index contributed by atoms with van der Waals surface area (Å²) >= 11 is 0. The SMILES string of the molecule is CCOC(=O)CNNC(=O)N(/N=C/c1ccc([N+](=O)[O-])cc1)c1ccccc1. The highest BCUT2D eigenvalue weighted by atomic mass is 16.6. The summed E-state index contributed by atoms with van der Waals surface area (Å²) in [6.07, 6.45) is 1.39. The van der Waals surface area contributed by atoms with E-state index >= 15 is 0 Å². The average Bonchev–Trinajstić information content (AvgIpc) is 2.69. The molecule has 2 amide bonds. The van der Waals surface area contributed by atoms with Crippen molar-refractivity contribution in [3.05, 3.63) is 70.3 Å². The number of nitro benzene ring substituents is 1. The lowest BCUT2D eigenvalue weighted by atomic mass is 10.2. The van der Waals surface area contributed by atoms with E-state index < -0.39 is 16.9 Å². The van der Waals surface area contributed by atoms with Crippen LogP contribution in [0.2, 0.25) is 0 Å². The number of nitrogens with zero attached hydrogens (tertiary/aromatic N) is 3. The molecular formula is C18H19N5O5. The summed E-state index contributed by atoms with van der Waals surface area (Å²) in [5.74, 6) is -0.511. The number of hydrogen-bond acceptors (Lipinski definition) is 7. The lowest BCUT2D eigenvalue weighted by Crippen LogP contribution is -2.46. The second-order valence-corrected chi connectivity index (χ2v) is 5.33. The maximum absolute atomic E-state index is 12.4. The lowest BCUT2D eigenvalue weighted by molar-refractivity contribution is -0.384. The minimum atomic E-state index is -0.631. The minimum Gasteiger partial charge on any atom is -0.465 e. The molecule has 2 N–H and O–H groups in total. The number of urea groups is 1. The Morgan fingerprint density at radius 3 is 2.46 bits per heavy atom. The van der Waals surface area contributed by atoms with E-state index in [1.807, 2.05) is 0 Å². The molecule has 10 heteroatoms. The second-order valence-electron chi connectivity index (χ2n) is 5.33. The monoisotopic (exact) mass is 385 g/mol. The number of amides is 2. The first-order chi connectivity index (χ1) is 13.5. The van der Waals surface area contributed by atoms with E-state index in [1.54, 1.807) is 37.3 Å². The number of hydrazone groups is 1. The highest BCUT2D eigenvalue weighted by Crippen LogP contribution is 2.15. The molecule has 0 fully saturated rings. The topological polar surface area (TPSA) is 126 Å². The molecule has 0 aliphatic heterocycles. The summed E-state index contributed by atoms with van der Waals surface area (Å²) in [6.45, 7) is 1.72. The molecule has 0 saturated heterocycles. The van der Waals surface area contributed by atoms with Crippen LogP contribution in [0.25, 0.3) is 0 Å². The summed E-state index contributed by atoms with van der Waals surface area (Å²) in [4.78, 5) is 34.0. The molecule has 0 bridgehead atoms. The third kappa shape index (κ3) is 6.18. The molecule has 0 heterocycles. The maximum Gasteiger partial charge on any atom is 0.356 e. The van der Waals surface area contributed by atoms with E-state index in [0.717, 1.165) is 5.01 Å². The largest absolute Gasteiger partial charge is 0.465 e. The van der Waals surface area contributed by atoms with Crippen molar-refractivity contribution in [3.63, 3.8) is 0 Å². The van der Waals surface area contributed by atoms with E-state index in [-0.39, 0.29) is 18.8 Å². The number of para-hydroxylation sites is 1. The van der Waals surface area contributed by atoms with Crippen LogP contribution in [0.4, 0.5) is 16.2 Å². The molecule has 2 aromatic carbocycles. The molecule has 0 spiro atoms. The lowest BCUT2D eigenvalue weighted by Gasteiger charge is -2.18. The summed E-state index contributed by atoms with van der Waals surface area (Å²) in [6, 6.07) is 13.7. The summed E-state index contributed by atoms with van der Waals surface area (Å²) < 4.78 is 4.76. The molecule has 28 heavy (non-hydrogen) atoms. The molecule has 146 valence electrons. The van der Waals surface area contributed by atoms with E-state index in [1.165, 1.54) is 30.5 Å². The van der Waals surface area contributed by atoms with Crippen LogP contribution in [0.5, 0.6) is 0 Å². The van der Waals surface area contributed by atoms with Gasteiger partial charge >= 0.3 is 12.0 Å². The van der Waals surface area contributed by atoms with E-state index in [0.29, 0.717) is 11.3 Å². The molecule has 0 radical (unpaired) electrons. The Balaban J connectivity index is 2.10. The number of nitro groups is 1. The predicted molar refractivity (Wildman–Crippen MR) is 103 cm³/mol. The fraction of sp³-hybridized carbons (Fsp3) is 0.167. The predicted octanol–water partition coefficient (Wildman–Crippen LogP) is 2.21. The van der Waals surface area contributed by atoms with Crippen LogP contribution in [-0.2, 0) is 9.53 Å². The van der Waals surface area contributed by atoms with Gasteiger partial charge in [-0.3, -0.25) is 20.3 Å². The molecule has 0 aliphatic carbocycles. The zero-order valence-electron chi connectivity index (χ0n) is 15.1. The third-order valence-corrected chi connectivity index (χ3v) is 3.35. The Morgan fingerprint density at radius 2 is 1.86 bits per heavy atom. The van der Waals surface area contributed by atoms with Crippen molar-refractivity contribution < 1.29 is 19.2 Å². The van der Waals surface area contributed by atoms with Crippen LogP contribution in [-0.4, -0.2) is 36.3 Å². The van der Waals surface area contributed by atoms with Crippen molar-refractivity contribution in [1.82, 2.24) is 10.9 Å². The Morgan fingerprint density at radius 1 is 1.18 bits per heavy atom. The van der Waals surface area contributed by atoms with Gasteiger partial charge in [-0.2, -0.15) is 10.1 Å². The van der Waals surface area contributed by atoms with Gasteiger partial charge in [0.05, 0.1) is 23.4 Å². The number of ether oxygens (including phenoxy) is 1. The molecule has 0 saturated carbocycles. The smallest absolute Gasteiger partial charge is 0.356 e. The summed E-state index contributed by atoms with van der Waals surface area (Å²) in [7, 11) is 0. The molecule has 2 aromatic rings. The van der Waals surface area contributed by atoms with E-state index in [4.69, 9.17) is 4.74 Å². The number of anilines is 1. The summed E-state index contributed by atoms with van der Waals surface area (Å²) in [5.41, 5.74) is 5.84. The zero-order valence-corrected chi connectivity index (χ0v) is 15.1. The van der Waals surface area contributed by atoms with Gasteiger partial charge in [-0.1, -0.05) is 18.2 Å². The van der Waals surface area contributed by atoms with Gasteiger partial charge < -0.3 is 4.74 Å². The first-order valence-electron chi connectivity index (χ1n) is 8.33. The average molecular weight is 385 g/mol. The Kier molecular flexibility index (Phi) is 7.61. The summed E-state index contributed by atoms with van der Waals surface area (Å²) in [5, 5.41) is 15.9. The van der Waals surface area contributed by atoms with Crippen molar-refractivity contribution >= 4 is 29.6 Å². The van der Waals surface area contributed by atoms with Gasteiger partial charge in [0.25, 0.3) is 5.69 Å². The normalized spacial score (nSPS) is 10.5. The van der Waals surface area contributed by atoms with Gasteiger partial charge in [0.15, 0.2) is 0 Å². The number of esters is 1. The number of carbonyl (C=O) groups excluding carboxylic acids is 2. The number of hydrogen-bond donors (Lipinski definition) is 2. The fourth-order valence-corrected chi connectivity index (χ4v) is 2.07. The second kappa shape index (κ2) is 10.4. The molecule has 0 aliphatic rings. The van der Waals surface area contributed by atoms with Crippen LogP contribution in [0.15, 0.2) is 59.7 Å². The van der Waals surface area contributed by atoms with Crippen LogP contribution >= 0.6 is 0 Å². The van der Waals surface area contributed by atoms with E-state index in [9.17, 15) is 19.7 Å². The Bertz CT molecular complexity index is 839. The molecule has 0 atom stereocenters. The molecule has 0 unspecified atom stereocenters.